The van der Waals surface area contributed by atoms with Crippen LogP contribution in [0, 0.1) is 0 Å². The molecule has 0 aromatic carbocycles. The molecule has 22 heavy (non-hydrogen) atoms. The standard InChI is InChI=1S/C14H21ClN4O3/c1-3-19(8-12(20)21)10-5-9(6-10)17-14-16-7-11(15)13(18-14)22-4-2/h7,9-10H,3-6,8H2,1-2H3,(H,20,21)(H,16,17,18). The quantitative estimate of drug-likeness (QED) is 0.753. The lowest BCUT2D eigenvalue weighted by Gasteiger charge is -2.42. The summed E-state index contributed by atoms with van der Waals surface area (Å²) in [5, 5.41) is 12.5. The van der Waals surface area contributed by atoms with Crippen molar-refractivity contribution in [3.63, 3.8) is 0 Å². The van der Waals surface area contributed by atoms with E-state index < -0.39 is 5.97 Å². The van der Waals surface area contributed by atoms with E-state index in [1.165, 1.54) is 6.20 Å². The number of carboxylic acid groups (broad SMARTS) is 1. The molecule has 0 radical (unpaired) electrons. The van der Waals surface area contributed by atoms with Crippen LogP contribution in [0.3, 0.4) is 0 Å². The highest BCUT2D eigenvalue weighted by molar-refractivity contribution is 6.31. The van der Waals surface area contributed by atoms with E-state index >= 15 is 0 Å². The van der Waals surface area contributed by atoms with Crippen LogP contribution in [0.5, 0.6) is 5.88 Å². The number of halogens is 1. The molecule has 2 rings (SSSR count). The minimum atomic E-state index is -0.791. The smallest absolute Gasteiger partial charge is 0.317 e. The Morgan fingerprint density at radius 1 is 1.55 bits per heavy atom. The maximum atomic E-state index is 10.8. The summed E-state index contributed by atoms with van der Waals surface area (Å²) >= 11 is 5.95. The van der Waals surface area contributed by atoms with Gasteiger partial charge in [0, 0.05) is 12.1 Å². The minimum absolute atomic E-state index is 0.0832. The van der Waals surface area contributed by atoms with Crippen molar-refractivity contribution in [2.75, 3.05) is 25.0 Å². The molecule has 1 aromatic heterocycles. The van der Waals surface area contributed by atoms with E-state index in [0.29, 0.717) is 23.5 Å². The number of nitrogens with zero attached hydrogens (tertiary/aromatic N) is 3. The van der Waals surface area contributed by atoms with Crippen LogP contribution < -0.4 is 10.1 Å². The van der Waals surface area contributed by atoms with E-state index in [1.54, 1.807) is 0 Å². The van der Waals surface area contributed by atoms with Crippen LogP contribution in [0.2, 0.25) is 5.02 Å². The van der Waals surface area contributed by atoms with Crippen LogP contribution in [0.15, 0.2) is 6.20 Å². The van der Waals surface area contributed by atoms with Crippen molar-refractivity contribution >= 4 is 23.5 Å². The minimum Gasteiger partial charge on any atom is -0.480 e. The summed E-state index contributed by atoms with van der Waals surface area (Å²) in [6.45, 7) is 5.14. The third-order valence-electron chi connectivity index (χ3n) is 3.70. The summed E-state index contributed by atoms with van der Waals surface area (Å²) in [6, 6.07) is 0.528. The molecule has 8 heteroatoms. The molecule has 0 atom stereocenters. The second-order valence-electron chi connectivity index (χ2n) is 5.20. The number of aliphatic carboxylic acids is 1. The fraction of sp³-hybridized carbons (Fsp3) is 0.643. The zero-order valence-electron chi connectivity index (χ0n) is 12.8. The molecule has 1 saturated carbocycles. The average Bonchev–Trinajstić information content (AvgIpc) is 2.43. The van der Waals surface area contributed by atoms with Gasteiger partial charge < -0.3 is 15.2 Å². The molecule has 0 saturated heterocycles. The molecule has 7 nitrogen and oxygen atoms in total. The molecule has 1 aliphatic rings. The molecular weight excluding hydrogens is 308 g/mol. The van der Waals surface area contributed by atoms with E-state index in [1.807, 2.05) is 18.7 Å². The molecule has 1 fully saturated rings. The Morgan fingerprint density at radius 3 is 2.86 bits per heavy atom. The molecule has 1 aliphatic carbocycles. The first kappa shape index (κ1) is 16.8. The van der Waals surface area contributed by atoms with Gasteiger partial charge in [-0.1, -0.05) is 18.5 Å². The molecule has 0 bridgehead atoms. The van der Waals surface area contributed by atoms with Crippen molar-refractivity contribution in [1.82, 2.24) is 14.9 Å². The largest absolute Gasteiger partial charge is 0.480 e. The molecule has 1 aromatic rings. The first-order chi connectivity index (χ1) is 10.5. The number of hydrogen-bond donors (Lipinski definition) is 2. The first-order valence-electron chi connectivity index (χ1n) is 7.41. The molecule has 2 N–H and O–H groups in total. The van der Waals surface area contributed by atoms with Crippen molar-refractivity contribution in [2.24, 2.45) is 0 Å². The Labute approximate surface area is 134 Å². The predicted molar refractivity (Wildman–Crippen MR) is 83.5 cm³/mol. The Bertz CT molecular complexity index is 523. The van der Waals surface area contributed by atoms with Gasteiger partial charge in [-0.2, -0.15) is 4.98 Å². The van der Waals surface area contributed by atoms with Crippen LogP contribution in [0.4, 0.5) is 5.95 Å². The van der Waals surface area contributed by atoms with Gasteiger partial charge in [0.05, 0.1) is 19.3 Å². The van der Waals surface area contributed by atoms with E-state index in [0.717, 1.165) is 19.4 Å². The van der Waals surface area contributed by atoms with E-state index in [-0.39, 0.29) is 18.6 Å². The maximum absolute atomic E-state index is 10.8. The van der Waals surface area contributed by atoms with Crippen molar-refractivity contribution in [2.45, 2.75) is 38.8 Å². The fourth-order valence-corrected chi connectivity index (χ4v) is 2.66. The summed E-state index contributed by atoms with van der Waals surface area (Å²) in [7, 11) is 0. The maximum Gasteiger partial charge on any atom is 0.317 e. The monoisotopic (exact) mass is 328 g/mol. The summed E-state index contributed by atoms with van der Waals surface area (Å²) in [4.78, 5) is 21.2. The van der Waals surface area contributed by atoms with E-state index in [4.69, 9.17) is 21.4 Å². The van der Waals surface area contributed by atoms with E-state index in [9.17, 15) is 4.79 Å². The predicted octanol–water partition coefficient (Wildman–Crippen LogP) is 1.88. The number of carbonyl (C=O) groups is 1. The van der Waals surface area contributed by atoms with Crippen molar-refractivity contribution in [3.8, 4) is 5.88 Å². The van der Waals surface area contributed by atoms with Gasteiger partial charge in [0.1, 0.15) is 5.02 Å². The number of carboxylic acids is 1. The SMILES string of the molecule is CCOc1nc(NC2CC(N(CC)CC(=O)O)C2)ncc1Cl. The highest BCUT2D eigenvalue weighted by Gasteiger charge is 2.34. The zero-order valence-corrected chi connectivity index (χ0v) is 13.5. The van der Waals surface area contributed by atoms with Gasteiger partial charge in [-0.25, -0.2) is 4.98 Å². The zero-order chi connectivity index (χ0) is 16.1. The fourth-order valence-electron chi connectivity index (χ4n) is 2.52. The number of likely N-dealkylation sites (N-methyl/N-ethyl adjacent to an activating group) is 1. The Balaban J connectivity index is 1.87. The molecule has 0 spiro atoms. The van der Waals surface area contributed by atoms with Gasteiger partial charge in [0.15, 0.2) is 0 Å². The van der Waals surface area contributed by atoms with E-state index in [2.05, 4.69) is 15.3 Å². The second-order valence-corrected chi connectivity index (χ2v) is 5.61. The van der Waals surface area contributed by atoms with Gasteiger partial charge >= 0.3 is 5.97 Å². The lowest BCUT2D eigenvalue weighted by atomic mass is 9.85. The van der Waals surface area contributed by atoms with Crippen LogP contribution >= 0.6 is 11.6 Å². The topological polar surface area (TPSA) is 87.6 Å². The van der Waals surface area contributed by atoms with Gasteiger partial charge in [-0.15, -0.1) is 0 Å². The molecule has 0 amide bonds. The summed E-state index contributed by atoms with van der Waals surface area (Å²) in [5.41, 5.74) is 0. The summed E-state index contributed by atoms with van der Waals surface area (Å²) in [5.74, 6) is 0.0665. The number of ether oxygens (including phenoxy) is 1. The average molecular weight is 329 g/mol. The number of nitrogens with one attached hydrogen (secondary N) is 1. The van der Waals surface area contributed by atoms with Crippen molar-refractivity contribution < 1.29 is 14.6 Å². The van der Waals surface area contributed by atoms with Crippen LogP contribution in [-0.2, 0) is 4.79 Å². The molecule has 1 heterocycles. The second kappa shape index (κ2) is 7.60. The number of hydrogen-bond acceptors (Lipinski definition) is 6. The molecule has 0 unspecified atom stereocenters. The van der Waals surface area contributed by atoms with Gasteiger partial charge in [0.2, 0.25) is 11.8 Å². The highest BCUT2D eigenvalue weighted by Crippen LogP contribution is 2.29. The molecular formula is C14H21ClN4O3. The number of aromatic nitrogens is 2. The van der Waals surface area contributed by atoms with Crippen LogP contribution in [0.25, 0.3) is 0 Å². The lowest BCUT2D eigenvalue weighted by molar-refractivity contribution is -0.139. The third kappa shape index (κ3) is 4.20. The number of rotatable bonds is 8. The van der Waals surface area contributed by atoms with Crippen LogP contribution in [0.1, 0.15) is 26.7 Å². The van der Waals surface area contributed by atoms with Crippen molar-refractivity contribution in [3.05, 3.63) is 11.2 Å². The van der Waals surface area contributed by atoms with Gasteiger partial charge in [-0.05, 0) is 26.3 Å². The first-order valence-corrected chi connectivity index (χ1v) is 7.79. The normalized spacial score (nSPS) is 20.5. The highest BCUT2D eigenvalue weighted by atomic mass is 35.5. The Morgan fingerprint density at radius 2 is 2.27 bits per heavy atom. The molecule has 122 valence electrons. The summed E-state index contributed by atoms with van der Waals surface area (Å²) in [6.07, 6.45) is 3.26. The van der Waals surface area contributed by atoms with Gasteiger partial charge in [0.25, 0.3) is 0 Å². The van der Waals surface area contributed by atoms with Crippen molar-refractivity contribution in [1.29, 1.82) is 0 Å². The number of anilines is 1. The summed E-state index contributed by atoms with van der Waals surface area (Å²) < 4.78 is 5.33. The Kier molecular flexibility index (Phi) is 5.79. The lowest BCUT2D eigenvalue weighted by Crippen LogP contribution is -2.51. The van der Waals surface area contributed by atoms with Gasteiger partial charge in [-0.3, -0.25) is 9.69 Å². The van der Waals surface area contributed by atoms with Crippen LogP contribution in [-0.4, -0.2) is 57.7 Å². The Hall–Kier alpha value is -1.60. The third-order valence-corrected chi connectivity index (χ3v) is 3.96. The molecule has 0 aliphatic heterocycles.